The Morgan fingerprint density at radius 1 is 1.18 bits per heavy atom. The number of benzene rings is 1. The normalized spacial score (nSPS) is 23.0. The van der Waals surface area contributed by atoms with E-state index in [2.05, 4.69) is 20.8 Å². The Kier molecular flexibility index (Phi) is 5.50. The molecule has 1 aromatic rings. The molecule has 5 heteroatoms. The van der Waals surface area contributed by atoms with Gasteiger partial charge in [0.15, 0.2) is 0 Å². The fourth-order valence-corrected chi connectivity index (χ4v) is 3.41. The van der Waals surface area contributed by atoms with Crippen LogP contribution in [0, 0.1) is 0 Å². The van der Waals surface area contributed by atoms with E-state index in [9.17, 15) is 4.79 Å². The highest BCUT2D eigenvalue weighted by Crippen LogP contribution is 2.15. The Morgan fingerprint density at radius 3 is 2.55 bits per heavy atom. The first kappa shape index (κ1) is 16.0. The topological polar surface area (TPSA) is 32.8 Å². The molecule has 2 aliphatic rings. The molecule has 2 heterocycles. The van der Waals surface area contributed by atoms with Crippen molar-refractivity contribution in [3.05, 3.63) is 34.3 Å². The maximum atomic E-state index is 12.4. The van der Waals surface area contributed by atoms with E-state index in [-0.39, 0.29) is 5.91 Å². The van der Waals surface area contributed by atoms with Gasteiger partial charge in [-0.2, -0.15) is 0 Å². The van der Waals surface area contributed by atoms with E-state index in [0.29, 0.717) is 12.5 Å². The lowest BCUT2D eigenvalue weighted by atomic mass is 10.1. The average Bonchev–Trinajstić information content (AvgIpc) is 3.03. The molecule has 0 aromatic heterocycles. The van der Waals surface area contributed by atoms with Crippen LogP contribution >= 0.6 is 15.9 Å². The molecule has 0 saturated carbocycles. The molecular formula is C17H23BrN2O2. The first-order valence-corrected chi connectivity index (χ1v) is 8.86. The zero-order valence-electron chi connectivity index (χ0n) is 12.8. The fraction of sp³-hybridized carbons (Fsp3) is 0.588. The van der Waals surface area contributed by atoms with Crippen molar-refractivity contribution in [2.75, 3.05) is 39.3 Å². The molecule has 1 aromatic carbocycles. The van der Waals surface area contributed by atoms with Gasteiger partial charge in [-0.1, -0.05) is 28.1 Å². The number of amides is 1. The summed E-state index contributed by atoms with van der Waals surface area (Å²) in [6.07, 6.45) is 3.28. The van der Waals surface area contributed by atoms with Crippen LogP contribution in [0.25, 0.3) is 0 Å². The summed E-state index contributed by atoms with van der Waals surface area (Å²) in [5.41, 5.74) is 1.08. The third kappa shape index (κ3) is 4.31. The van der Waals surface area contributed by atoms with Crippen molar-refractivity contribution in [2.45, 2.75) is 25.4 Å². The van der Waals surface area contributed by atoms with Gasteiger partial charge < -0.3 is 9.64 Å². The van der Waals surface area contributed by atoms with Gasteiger partial charge in [-0.25, -0.2) is 0 Å². The van der Waals surface area contributed by atoms with E-state index in [1.54, 1.807) is 0 Å². The lowest BCUT2D eigenvalue weighted by molar-refractivity contribution is -0.132. The van der Waals surface area contributed by atoms with Crippen molar-refractivity contribution in [3.8, 4) is 0 Å². The van der Waals surface area contributed by atoms with Crippen molar-refractivity contribution < 1.29 is 9.53 Å². The van der Waals surface area contributed by atoms with Gasteiger partial charge in [0.05, 0.1) is 12.5 Å². The van der Waals surface area contributed by atoms with Crippen LogP contribution in [0.15, 0.2) is 28.7 Å². The third-order valence-electron chi connectivity index (χ3n) is 4.48. The van der Waals surface area contributed by atoms with Crippen molar-refractivity contribution in [1.82, 2.24) is 9.80 Å². The molecule has 0 N–H and O–H groups in total. The monoisotopic (exact) mass is 366 g/mol. The third-order valence-corrected chi connectivity index (χ3v) is 5.01. The highest BCUT2D eigenvalue weighted by Gasteiger charge is 2.24. The molecule has 2 aliphatic heterocycles. The summed E-state index contributed by atoms with van der Waals surface area (Å²) in [5, 5.41) is 0. The molecule has 0 bridgehead atoms. The average molecular weight is 367 g/mol. The largest absolute Gasteiger partial charge is 0.377 e. The van der Waals surface area contributed by atoms with E-state index in [4.69, 9.17) is 4.74 Å². The van der Waals surface area contributed by atoms with Gasteiger partial charge in [0.1, 0.15) is 0 Å². The molecule has 3 rings (SSSR count). The summed E-state index contributed by atoms with van der Waals surface area (Å²) in [5.74, 6) is 0.235. The minimum atomic E-state index is 0.235. The number of piperazine rings is 1. The summed E-state index contributed by atoms with van der Waals surface area (Å²) in [6, 6.07) is 8.00. The molecule has 2 fully saturated rings. The summed E-state index contributed by atoms with van der Waals surface area (Å²) < 4.78 is 6.74. The van der Waals surface area contributed by atoms with Gasteiger partial charge in [-0.15, -0.1) is 0 Å². The molecule has 0 spiro atoms. The van der Waals surface area contributed by atoms with Crippen LogP contribution in [0.4, 0.5) is 0 Å². The van der Waals surface area contributed by atoms with Gasteiger partial charge in [0.2, 0.25) is 5.91 Å². The molecule has 0 unspecified atom stereocenters. The van der Waals surface area contributed by atoms with Crippen LogP contribution in [-0.2, 0) is 16.0 Å². The number of carbonyl (C=O) groups excluding carboxylic acids is 1. The first-order chi connectivity index (χ1) is 10.7. The van der Waals surface area contributed by atoms with Gasteiger partial charge in [0, 0.05) is 43.8 Å². The van der Waals surface area contributed by atoms with E-state index in [1.807, 2.05) is 29.2 Å². The summed E-state index contributed by atoms with van der Waals surface area (Å²) in [6.45, 7) is 5.53. The van der Waals surface area contributed by atoms with Gasteiger partial charge >= 0.3 is 0 Å². The predicted molar refractivity (Wildman–Crippen MR) is 89.8 cm³/mol. The molecule has 4 nitrogen and oxygen atoms in total. The van der Waals surface area contributed by atoms with Gasteiger partial charge in [0.25, 0.3) is 0 Å². The van der Waals surface area contributed by atoms with E-state index in [1.165, 1.54) is 12.8 Å². The standard InChI is InChI=1S/C17H23BrN2O2/c18-15-5-3-14(4-6-15)12-17(21)20-9-7-19(8-10-20)13-16-2-1-11-22-16/h3-6,16H,1-2,7-13H2/t16-/m1/s1. The Bertz CT molecular complexity index is 492. The van der Waals surface area contributed by atoms with E-state index in [0.717, 1.165) is 49.4 Å². The molecule has 120 valence electrons. The van der Waals surface area contributed by atoms with Crippen LogP contribution in [0.1, 0.15) is 18.4 Å². The van der Waals surface area contributed by atoms with E-state index >= 15 is 0 Å². The van der Waals surface area contributed by atoms with Crippen molar-refractivity contribution >= 4 is 21.8 Å². The number of hydrogen-bond donors (Lipinski definition) is 0. The number of hydrogen-bond acceptors (Lipinski definition) is 3. The maximum absolute atomic E-state index is 12.4. The Hall–Kier alpha value is -0.910. The van der Waals surface area contributed by atoms with Crippen LogP contribution in [0.3, 0.4) is 0 Å². The zero-order chi connectivity index (χ0) is 15.4. The predicted octanol–water partition coefficient (Wildman–Crippen LogP) is 2.31. The Balaban J connectivity index is 1.44. The lowest BCUT2D eigenvalue weighted by Crippen LogP contribution is -2.50. The number of rotatable bonds is 4. The quantitative estimate of drug-likeness (QED) is 0.819. The molecule has 1 atom stereocenters. The minimum Gasteiger partial charge on any atom is -0.377 e. The molecule has 22 heavy (non-hydrogen) atoms. The van der Waals surface area contributed by atoms with Gasteiger partial charge in [-0.05, 0) is 30.5 Å². The van der Waals surface area contributed by atoms with Crippen LogP contribution in [0.2, 0.25) is 0 Å². The Labute approximate surface area is 140 Å². The highest BCUT2D eigenvalue weighted by molar-refractivity contribution is 9.10. The van der Waals surface area contributed by atoms with Crippen molar-refractivity contribution in [1.29, 1.82) is 0 Å². The fourth-order valence-electron chi connectivity index (χ4n) is 3.14. The second-order valence-corrected chi connectivity index (χ2v) is 7.04. The Morgan fingerprint density at radius 2 is 1.91 bits per heavy atom. The second kappa shape index (κ2) is 7.57. The highest BCUT2D eigenvalue weighted by atomic mass is 79.9. The van der Waals surface area contributed by atoms with E-state index < -0.39 is 0 Å². The first-order valence-electron chi connectivity index (χ1n) is 8.07. The molecule has 2 saturated heterocycles. The summed E-state index contributed by atoms with van der Waals surface area (Å²) >= 11 is 3.42. The maximum Gasteiger partial charge on any atom is 0.227 e. The molecular weight excluding hydrogens is 344 g/mol. The number of nitrogens with zero attached hydrogens (tertiary/aromatic N) is 2. The smallest absolute Gasteiger partial charge is 0.227 e. The number of carbonyl (C=O) groups is 1. The lowest BCUT2D eigenvalue weighted by Gasteiger charge is -2.35. The van der Waals surface area contributed by atoms with Crippen LogP contribution in [0.5, 0.6) is 0 Å². The summed E-state index contributed by atoms with van der Waals surface area (Å²) in [4.78, 5) is 16.8. The van der Waals surface area contributed by atoms with Crippen molar-refractivity contribution in [3.63, 3.8) is 0 Å². The second-order valence-electron chi connectivity index (χ2n) is 6.12. The van der Waals surface area contributed by atoms with Crippen LogP contribution < -0.4 is 0 Å². The van der Waals surface area contributed by atoms with Crippen molar-refractivity contribution in [2.24, 2.45) is 0 Å². The van der Waals surface area contributed by atoms with Crippen LogP contribution in [-0.4, -0.2) is 61.1 Å². The summed E-state index contributed by atoms with van der Waals surface area (Å²) in [7, 11) is 0. The number of ether oxygens (including phenoxy) is 1. The number of halogens is 1. The molecule has 0 radical (unpaired) electrons. The zero-order valence-corrected chi connectivity index (χ0v) is 14.4. The minimum absolute atomic E-state index is 0.235. The molecule has 1 amide bonds. The molecule has 0 aliphatic carbocycles. The van der Waals surface area contributed by atoms with Gasteiger partial charge in [-0.3, -0.25) is 9.69 Å². The SMILES string of the molecule is O=C(Cc1ccc(Br)cc1)N1CCN(C[C@H]2CCCO2)CC1.